The number of nitrogens with two attached hydrogens (primary N) is 1. The Morgan fingerprint density at radius 2 is 2.00 bits per heavy atom. The summed E-state index contributed by atoms with van der Waals surface area (Å²) in [5.41, 5.74) is 8.67. The van der Waals surface area contributed by atoms with Crippen LogP contribution in [0.15, 0.2) is 36.5 Å². The van der Waals surface area contributed by atoms with E-state index in [4.69, 9.17) is 5.73 Å². The van der Waals surface area contributed by atoms with E-state index in [2.05, 4.69) is 10.3 Å². The molecule has 0 bridgehead atoms. The van der Waals surface area contributed by atoms with Gasteiger partial charge in [0.2, 0.25) is 0 Å². The molecule has 0 saturated carbocycles. The molecule has 0 radical (unpaired) electrons. The molecule has 1 heterocycles. The molecule has 0 aliphatic carbocycles. The van der Waals surface area contributed by atoms with Gasteiger partial charge in [0.1, 0.15) is 5.82 Å². The summed E-state index contributed by atoms with van der Waals surface area (Å²) >= 11 is 0. The third-order valence-electron chi connectivity index (χ3n) is 2.86. The zero-order chi connectivity index (χ0) is 13.1. The molecule has 0 saturated heterocycles. The van der Waals surface area contributed by atoms with E-state index in [0.717, 1.165) is 11.1 Å². The third-order valence-corrected chi connectivity index (χ3v) is 2.86. The summed E-state index contributed by atoms with van der Waals surface area (Å²) in [6.07, 6.45) is 1.65. The van der Waals surface area contributed by atoms with Crippen molar-refractivity contribution in [3.63, 3.8) is 0 Å². The molecule has 3 N–H and O–H groups in total. The SMILES string of the molecule is Cc1cccnc1NC(=O)c1cccc(N)c1C. The highest BCUT2D eigenvalue weighted by Gasteiger charge is 2.11. The summed E-state index contributed by atoms with van der Waals surface area (Å²) in [6.45, 7) is 3.73. The second kappa shape index (κ2) is 4.87. The van der Waals surface area contributed by atoms with E-state index in [1.54, 1.807) is 24.4 Å². The van der Waals surface area contributed by atoms with Crippen LogP contribution in [0.2, 0.25) is 0 Å². The first-order valence-electron chi connectivity index (χ1n) is 5.67. The number of amides is 1. The summed E-state index contributed by atoms with van der Waals surface area (Å²) in [4.78, 5) is 16.3. The van der Waals surface area contributed by atoms with Gasteiger partial charge in [0.25, 0.3) is 5.91 Å². The number of hydrogen-bond acceptors (Lipinski definition) is 3. The van der Waals surface area contributed by atoms with Gasteiger partial charge in [-0.3, -0.25) is 4.79 Å². The fourth-order valence-electron chi connectivity index (χ4n) is 1.69. The molecule has 4 heteroatoms. The molecule has 1 aromatic heterocycles. The molecular formula is C14H15N3O. The van der Waals surface area contributed by atoms with Crippen molar-refractivity contribution in [2.24, 2.45) is 0 Å². The van der Waals surface area contributed by atoms with Gasteiger partial charge >= 0.3 is 0 Å². The number of rotatable bonds is 2. The Kier molecular flexibility index (Phi) is 3.28. The Labute approximate surface area is 106 Å². The lowest BCUT2D eigenvalue weighted by Crippen LogP contribution is -2.15. The zero-order valence-corrected chi connectivity index (χ0v) is 10.4. The van der Waals surface area contributed by atoms with Crippen molar-refractivity contribution < 1.29 is 4.79 Å². The molecular weight excluding hydrogens is 226 g/mol. The monoisotopic (exact) mass is 241 g/mol. The molecule has 0 spiro atoms. The molecule has 0 aliphatic rings. The van der Waals surface area contributed by atoms with Crippen LogP contribution < -0.4 is 11.1 Å². The minimum Gasteiger partial charge on any atom is -0.398 e. The number of anilines is 2. The number of nitrogens with zero attached hydrogens (tertiary/aromatic N) is 1. The summed E-state index contributed by atoms with van der Waals surface area (Å²) < 4.78 is 0. The maximum Gasteiger partial charge on any atom is 0.257 e. The first-order valence-corrected chi connectivity index (χ1v) is 5.67. The smallest absolute Gasteiger partial charge is 0.257 e. The van der Waals surface area contributed by atoms with Crippen molar-refractivity contribution >= 4 is 17.4 Å². The fraction of sp³-hybridized carbons (Fsp3) is 0.143. The van der Waals surface area contributed by atoms with Gasteiger partial charge < -0.3 is 11.1 Å². The van der Waals surface area contributed by atoms with Crippen LogP contribution in [0.5, 0.6) is 0 Å². The van der Waals surface area contributed by atoms with Crippen LogP contribution in [0, 0.1) is 13.8 Å². The highest BCUT2D eigenvalue weighted by atomic mass is 16.1. The lowest BCUT2D eigenvalue weighted by atomic mass is 10.1. The summed E-state index contributed by atoms with van der Waals surface area (Å²) in [7, 11) is 0. The molecule has 92 valence electrons. The van der Waals surface area contributed by atoms with Crippen molar-refractivity contribution in [3.05, 3.63) is 53.2 Å². The van der Waals surface area contributed by atoms with E-state index in [1.807, 2.05) is 26.0 Å². The molecule has 0 atom stereocenters. The van der Waals surface area contributed by atoms with E-state index in [9.17, 15) is 4.79 Å². The third kappa shape index (κ3) is 2.32. The van der Waals surface area contributed by atoms with Crippen LogP contribution in [0.1, 0.15) is 21.5 Å². The van der Waals surface area contributed by atoms with E-state index in [0.29, 0.717) is 17.1 Å². The standard InChI is InChI=1S/C14H15N3O/c1-9-5-4-8-16-13(9)17-14(18)11-6-3-7-12(15)10(11)2/h3-8H,15H2,1-2H3,(H,16,17,18). The lowest BCUT2D eigenvalue weighted by Gasteiger charge is -2.10. The van der Waals surface area contributed by atoms with Gasteiger partial charge in [-0.25, -0.2) is 4.98 Å². The van der Waals surface area contributed by atoms with Crippen molar-refractivity contribution in [3.8, 4) is 0 Å². The minimum atomic E-state index is -0.193. The maximum atomic E-state index is 12.1. The van der Waals surface area contributed by atoms with Gasteiger partial charge in [-0.2, -0.15) is 0 Å². The molecule has 1 amide bonds. The predicted molar refractivity (Wildman–Crippen MR) is 72.5 cm³/mol. The molecule has 1 aromatic carbocycles. The fourth-order valence-corrected chi connectivity index (χ4v) is 1.69. The van der Waals surface area contributed by atoms with E-state index < -0.39 is 0 Å². The predicted octanol–water partition coefficient (Wildman–Crippen LogP) is 2.53. The number of hydrogen-bond donors (Lipinski definition) is 2. The maximum absolute atomic E-state index is 12.1. The van der Waals surface area contributed by atoms with E-state index in [1.165, 1.54) is 0 Å². The van der Waals surface area contributed by atoms with Crippen LogP contribution in [-0.4, -0.2) is 10.9 Å². The van der Waals surface area contributed by atoms with Crippen LogP contribution in [0.3, 0.4) is 0 Å². The number of aromatic nitrogens is 1. The van der Waals surface area contributed by atoms with Gasteiger partial charge in [0.15, 0.2) is 0 Å². The average molecular weight is 241 g/mol. The number of carbonyl (C=O) groups is 1. The quantitative estimate of drug-likeness (QED) is 0.794. The highest BCUT2D eigenvalue weighted by molar-refractivity contribution is 6.05. The van der Waals surface area contributed by atoms with Crippen molar-refractivity contribution in [2.75, 3.05) is 11.1 Å². The van der Waals surface area contributed by atoms with Crippen molar-refractivity contribution in [1.82, 2.24) is 4.98 Å². The average Bonchev–Trinajstić information content (AvgIpc) is 2.35. The summed E-state index contributed by atoms with van der Waals surface area (Å²) in [6, 6.07) is 9.02. The Morgan fingerprint density at radius 3 is 2.72 bits per heavy atom. The van der Waals surface area contributed by atoms with Crippen LogP contribution >= 0.6 is 0 Å². The first-order chi connectivity index (χ1) is 8.59. The van der Waals surface area contributed by atoms with Crippen molar-refractivity contribution in [2.45, 2.75) is 13.8 Å². The van der Waals surface area contributed by atoms with Gasteiger partial charge in [-0.15, -0.1) is 0 Å². The van der Waals surface area contributed by atoms with Crippen LogP contribution in [0.25, 0.3) is 0 Å². The Bertz CT molecular complexity index is 593. The van der Waals surface area contributed by atoms with Crippen molar-refractivity contribution in [1.29, 1.82) is 0 Å². The van der Waals surface area contributed by atoms with Crippen LogP contribution in [0.4, 0.5) is 11.5 Å². The van der Waals surface area contributed by atoms with Gasteiger partial charge in [-0.05, 0) is 43.2 Å². The summed E-state index contributed by atoms with van der Waals surface area (Å²) in [5.74, 6) is 0.380. The molecule has 0 unspecified atom stereocenters. The zero-order valence-electron chi connectivity index (χ0n) is 10.4. The van der Waals surface area contributed by atoms with E-state index in [-0.39, 0.29) is 5.91 Å². The molecule has 18 heavy (non-hydrogen) atoms. The second-order valence-electron chi connectivity index (χ2n) is 4.14. The Hall–Kier alpha value is -2.36. The number of carbonyl (C=O) groups excluding carboxylic acids is 1. The highest BCUT2D eigenvalue weighted by Crippen LogP contribution is 2.17. The molecule has 4 nitrogen and oxygen atoms in total. The summed E-state index contributed by atoms with van der Waals surface area (Å²) in [5, 5.41) is 2.79. The second-order valence-corrected chi connectivity index (χ2v) is 4.14. The Morgan fingerprint density at radius 1 is 1.22 bits per heavy atom. The number of nitrogens with one attached hydrogen (secondary N) is 1. The van der Waals surface area contributed by atoms with Crippen LogP contribution in [-0.2, 0) is 0 Å². The van der Waals surface area contributed by atoms with E-state index >= 15 is 0 Å². The molecule has 2 aromatic rings. The van der Waals surface area contributed by atoms with Gasteiger partial charge in [-0.1, -0.05) is 12.1 Å². The number of benzene rings is 1. The largest absolute Gasteiger partial charge is 0.398 e. The number of nitrogen functional groups attached to an aromatic ring is 1. The Balaban J connectivity index is 2.28. The number of pyridine rings is 1. The number of aryl methyl sites for hydroxylation is 1. The first kappa shape index (κ1) is 12.1. The molecule has 2 rings (SSSR count). The topological polar surface area (TPSA) is 68.0 Å². The molecule has 0 fully saturated rings. The van der Waals surface area contributed by atoms with Gasteiger partial charge in [0.05, 0.1) is 0 Å². The molecule has 0 aliphatic heterocycles. The normalized spacial score (nSPS) is 10.1. The van der Waals surface area contributed by atoms with Gasteiger partial charge in [0, 0.05) is 17.4 Å². The minimum absolute atomic E-state index is 0.193. The lowest BCUT2D eigenvalue weighted by molar-refractivity contribution is 0.102.